The van der Waals surface area contributed by atoms with Crippen molar-refractivity contribution in [2.75, 3.05) is 6.61 Å². The molecule has 1 aromatic heterocycles. The number of unbranched alkanes of at least 4 members (excludes halogenated alkanes) is 1. The Balaban J connectivity index is 0.00000288. The molecule has 1 aromatic carbocycles. The third kappa shape index (κ3) is 5.53. The molecule has 0 saturated heterocycles. The standard InChI is InChI=1S/C18H23ClN2O2.ClH/c1-3-5-11-16-20-18(19)15(12-17(22)23-4-2)21(16)13-14-9-7-6-8-10-14;/h6-10H,3-5,11-13H2,1-2H3;1H. The van der Waals surface area contributed by atoms with Crippen molar-refractivity contribution in [1.29, 1.82) is 0 Å². The van der Waals surface area contributed by atoms with Crippen molar-refractivity contribution >= 4 is 30.0 Å². The molecule has 1 heterocycles. The maximum Gasteiger partial charge on any atom is 0.311 e. The van der Waals surface area contributed by atoms with E-state index in [4.69, 9.17) is 16.3 Å². The summed E-state index contributed by atoms with van der Waals surface area (Å²) < 4.78 is 7.12. The molecule has 24 heavy (non-hydrogen) atoms. The molecule has 0 spiro atoms. The van der Waals surface area contributed by atoms with Gasteiger partial charge in [0, 0.05) is 13.0 Å². The Morgan fingerprint density at radius 1 is 1.25 bits per heavy atom. The van der Waals surface area contributed by atoms with Gasteiger partial charge in [-0.1, -0.05) is 55.3 Å². The van der Waals surface area contributed by atoms with Crippen molar-refractivity contribution in [1.82, 2.24) is 9.55 Å². The minimum absolute atomic E-state index is 0. The van der Waals surface area contributed by atoms with Crippen LogP contribution in [0, 0.1) is 0 Å². The van der Waals surface area contributed by atoms with E-state index in [1.54, 1.807) is 6.92 Å². The van der Waals surface area contributed by atoms with Crippen LogP contribution in [0.3, 0.4) is 0 Å². The van der Waals surface area contributed by atoms with Gasteiger partial charge in [0.25, 0.3) is 0 Å². The molecule has 0 aliphatic rings. The van der Waals surface area contributed by atoms with Crippen LogP contribution in [0.1, 0.15) is 43.8 Å². The third-order valence-corrected chi connectivity index (χ3v) is 3.96. The topological polar surface area (TPSA) is 44.1 Å². The van der Waals surface area contributed by atoms with Gasteiger partial charge in [0.2, 0.25) is 0 Å². The molecule has 2 rings (SSSR count). The Morgan fingerprint density at radius 3 is 2.58 bits per heavy atom. The van der Waals surface area contributed by atoms with Gasteiger partial charge in [-0.05, 0) is 18.9 Å². The van der Waals surface area contributed by atoms with E-state index in [-0.39, 0.29) is 24.8 Å². The van der Waals surface area contributed by atoms with Gasteiger partial charge in [-0.3, -0.25) is 4.79 Å². The van der Waals surface area contributed by atoms with E-state index < -0.39 is 0 Å². The van der Waals surface area contributed by atoms with Crippen LogP contribution in [-0.4, -0.2) is 22.1 Å². The summed E-state index contributed by atoms with van der Waals surface area (Å²) in [7, 11) is 0. The van der Waals surface area contributed by atoms with Gasteiger partial charge >= 0.3 is 5.97 Å². The summed E-state index contributed by atoms with van der Waals surface area (Å²) in [6.07, 6.45) is 3.13. The lowest BCUT2D eigenvalue weighted by Gasteiger charge is -2.12. The molecule has 0 radical (unpaired) electrons. The summed E-state index contributed by atoms with van der Waals surface area (Å²) in [6, 6.07) is 10.1. The average molecular weight is 371 g/mol. The van der Waals surface area contributed by atoms with Gasteiger partial charge < -0.3 is 9.30 Å². The molecule has 4 nitrogen and oxygen atoms in total. The average Bonchev–Trinajstić information content (AvgIpc) is 2.82. The molecule has 2 aromatic rings. The number of aromatic nitrogens is 2. The number of rotatable bonds is 8. The lowest BCUT2D eigenvalue weighted by molar-refractivity contribution is -0.142. The number of carbonyl (C=O) groups excluding carboxylic acids is 1. The van der Waals surface area contributed by atoms with E-state index in [0.717, 1.165) is 36.3 Å². The van der Waals surface area contributed by atoms with Crippen molar-refractivity contribution in [3.63, 3.8) is 0 Å². The Bertz CT molecular complexity index is 642. The largest absolute Gasteiger partial charge is 0.466 e. The smallest absolute Gasteiger partial charge is 0.311 e. The van der Waals surface area contributed by atoms with Crippen LogP contribution < -0.4 is 0 Å². The minimum atomic E-state index is -0.273. The maximum absolute atomic E-state index is 11.9. The third-order valence-electron chi connectivity index (χ3n) is 3.66. The predicted octanol–water partition coefficient (Wildman–Crippen LogP) is 4.45. The number of aryl methyl sites for hydroxylation is 1. The van der Waals surface area contributed by atoms with Gasteiger partial charge in [-0.2, -0.15) is 0 Å². The molecule has 0 saturated carbocycles. The van der Waals surface area contributed by atoms with Gasteiger partial charge in [0.15, 0.2) is 5.15 Å². The van der Waals surface area contributed by atoms with E-state index in [9.17, 15) is 4.79 Å². The molecule has 0 aliphatic heterocycles. The summed E-state index contributed by atoms with van der Waals surface area (Å²) >= 11 is 6.30. The zero-order valence-corrected chi connectivity index (χ0v) is 15.7. The zero-order chi connectivity index (χ0) is 16.7. The molecular formula is C18H24Cl2N2O2. The number of benzene rings is 1. The Hall–Kier alpha value is -1.52. The quantitative estimate of drug-likeness (QED) is 0.644. The van der Waals surface area contributed by atoms with E-state index in [1.807, 2.05) is 18.2 Å². The second-order valence-electron chi connectivity index (χ2n) is 5.42. The minimum Gasteiger partial charge on any atom is -0.466 e. The highest BCUT2D eigenvalue weighted by Crippen LogP contribution is 2.21. The van der Waals surface area contributed by atoms with Gasteiger partial charge in [0.05, 0.1) is 18.7 Å². The van der Waals surface area contributed by atoms with Crippen LogP contribution >= 0.6 is 24.0 Å². The molecule has 0 amide bonds. The molecule has 0 atom stereocenters. The first-order valence-electron chi connectivity index (χ1n) is 8.09. The molecule has 0 aliphatic carbocycles. The highest BCUT2D eigenvalue weighted by Gasteiger charge is 2.19. The zero-order valence-electron chi connectivity index (χ0n) is 14.1. The van der Waals surface area contributed by atoms with Crippen LogP contribution in [0.15, 0.2) is 30.3 Å². The summed E-state index contributed by atoms with van der Waals surface area (Å²) in [6.45, 7) is 4.97. The van der Waals surface area contributed by atoms with Crippen LogP contribution in [0.4, 0.5) is 0 Å². The normalized spacial score (nSPS) is 10.3. The molecule has 6 heteroatoms. The molecule has 0 unspecified atom stereocenters. The number of imidazole rings is 1. The fraction of sp³-hybridized carbons (Fsp3) is 0.444. The second-order valence-corrected chi connectivity index (χ2v) is 5.78. The maximum atomic E-state index is 11.9. The van der Waals surface area contributed by atoms with E-state index in [0.29, 0.717) is 18.3 Å². The van der Waals surface area contributed by atoms with E-state index in [1.165, 1.54) is 0 Å². The van der Waals surface area contributed by atoms with Crippen molar-refractivity contribution in [3.05, 3.63) is 52.6 Å². The lowest BCUT2D eigenvalue weighted by Crippen LogP contribution is -2.14. The monoisotopic (exact) mass is 370 g/mol. The van der Waals surface area contributed by atoms with E-state index >= 15 is 0 Å². The second kappa shape index (κ2) is 10.4. The number of esters is 1. The van der Waals surface area contributed by atoms with Crippen molar-refractivity contribution in [2.45, 2.75) is 46.1 Å². The number of nitrogens with zero attached hydrogens (tertiary/aromatic N) is 2. The Labute approximate surface area is 154 Å². The summed E-state index contributed by atoms with van der Waals surface area (Å²) in [5.41, 5.74) is 1.89. The predicted molar refractivity (Wildman–Crippen MR) is 99.0 cm³/mol. The molecule has 132 valence electrons. The van der Waals surface area contributed by atoms with Gasteiger partial charge in [-0.15, -0.1) is 12.4 Å². The molecule has 0 fully saturated rings. The van der Waals surface area contributed by atoms with Crippen LogP contribution in [0.2, 0.25) is 5.15 Å². The van der Waals surface area contributed by atoms with Crippen molar-refractivity contribution in [2.24, 2.45) is 0 Å². The fourth-order valence-electron chi connectivity index (χ4n) is 2.50. The molecule has 0 N–H and O–H groups in total. The highest BCUT2D eigenvalue weighted by atomic mass is 35.5. The van der Waals surface area contributed by atoms with Gasteiger partial charge in [-0.25, -0.2) is 4.98 Å². The van der Waals surface area contributed by atoms with Crippen LogP contribution in [-0.2, 0) is 28.9 Å². The van der Waals surface area contributed by atoms with Gasteiger partial charge in [0.1, 0.15) is 5.82 Å². The fourth-order valence-corrected chi connectivity index (χ4v) is 2.77. The molecular weight excluding hydrogens is 347 g/mol. The number of ether oxygens (including phenoxy) is 1. The van der Waals surface area contributed by atoms with Crippen LogP contribution in [0.5, 0.6) is 0 Å². The first kappa shape index (κ1) is 20.5. The Kier molecular flexibility index (Phi) is 8.87. The summed E-state index contributed by atoms with van der Waals surface area (Å²) in [5.74, 6) is 0.658. The number of halogens is 2. The number of carbonyl (C=O) groups is 1. The number of hydrogen-bond acceptors (Lipinski definition) is 3. The van der Waals surface area contributed by atoms with E-state index in [2.05, 4.69) is 28.6 Å². The summed E-state index contributed by atoms with van der Waals surface area (Å²) in [5, 5.41) is 0.403. The highest BCUT2D eigenvalue weighted by molar-refractivity contribution is 6.30. The van der Waals surface area contributed by atoms with Crippen molar-refractivity contribution in [3.8, 4) is 0 Å². The Morgan fingerprint density at radius 2 is 1.96 bits per heavy atom. The molecule has 0 bridgehead atoms. The first-order valence-corrected chi connectivity index (χ1v) is 8.46. The lowest BCUT2D eigenvalue weighted by atomic mass is 10.2. The summed E-state index contributed by atoms with van der Waals surface area (Å²) in [4.78, 5) is 16.3. The number of hydrogen-bond donors (Lipinski definition) is 0. The van der Waals surface area contributed by atoms with Crippen LogP contribution in [0.25, 0.3) is 0 Å². The first-order chi connectivity index (χ1) is 11.2. The SMILES string of the molecule is CCCCc1nc(Cl)c(CC(=O)OCC)n1Cc1ccccc1.Cl. The van der Waals surface area contributed by atoms with Crippen molar-refractivity contribution < 1.29 is 9.53 Å².